The predicted octanol–water partition coefficient (Wildman–Crippen LogP) is 5.09. The first-order valence-electron chi connectivity index (χ1n) is 12.5. The molecule has 0 radical (unpaired) electrons. The van der Waals surface area contributed by atoms with Crippen LogP contribution in [-0.4, -0.2) is 40.4 Å². The Kier molecular flexibility index (Phi) is 7.51. The molecule has 0 bridgehead atoms. The molecule has 0 atom stereocenters. The van der Waals surface area contributed by atoms with Crippen LogP contribution in [-0.2, 0) is 25.8 Å². The molecule has 8 nitrogen and oxygen atoms in total. The van der Waals surface area contributed by atoms with Gasteiger partial charge in [-0.05, 0) is 35.2 Å². The van der Waals surface area contributed by atoms with Crippen LogP contribution < -0.4 is 0 Å². The molecule has 3 heterocycles. The van der Waals surface area contributed by atoms with Gasteiger partial charge in [-0.15, -0.1) is 10.2 Å². The van der Waals surface area contributed by atoms with E-state index in [1.807, 2.05) is 42.6 Å². The molecule has 0 aliphatic rings. The SMILES string of the molecule is CCCCCn1nc(CCc2ccccc2)nc1Cc1ccc(-c2ccccc2-c2nn[nH]n2)nc1. The maximum absolute atomic E-state index is 4.92. The molecule has 8 heteroatoms. The van der Waals surface area contributed by atoms with Gasteiger partial charge in [-0.1, -0.05) is 80.4 Å². The quantitative estimate of drug-likeness (QED) is 0.266. The van der Waals surface area contributed by atoms with E-state index in [1.54, 1.807) is 0 Å². The van der Waals surface area contributed by atoms with Gasteiger partial charge in [0.1, 0.15) is 5.82 Å². The number of nitrogens with zero attached hydrogens (tertiary/aromatic N) is 7. The van der Waals surface area contributed by atoms with E-state index in [0.29, 0.717) is 12.2 Å². The third-order valence-corrected chi connectivity index (χ3v) is 6.22. The van der Waals surface area contributed by atoms with E-state index in [-0.39, 0.29) is 0 Å². The Bertz CT molecular complexity index is 1360. The summed E-state index contributed by atoms with van der Waals surface area (Å²) in [5.74, 6) is 2.46. The number of hydrogen-bond donors (Lipinski definition) is 1. The van der Waals surface area contributed by atoms with Crippen molar-refractivity contribution in [1.29, 1.82) is 0 Å². The van der Waals surface area contributed by atoms with Crippen LogP contribution in [0.2, 0.25) is 0 Å². The van der Waals surface area contributed by atoms with Crippen LogP contribution in [0.3, 0.4) is 0 Å². The number of aromatic amines is 1. The van der Waals surface area contributed by atoms with Crippen molar-refractivity contribution in [2.45, 2.75) is 52.0 Å². The van der Waals surface area contributed by atoms with E-state index in [9.17, 15) is 0 Å². The Morgan fingerprint density at radius 3 is 2.42 bits per heavy atom. The van der Waals surface area contributed by atoms with Crippen molar-refractivity contribution in [3.63, 3.8) is 0 Å². The average Bonchev–Trinajstić information content (AvgIpc) is 3.59. The second-order valence-electron chi connectivity index (χ2n) is 8.87. The van der Waals surface area contributed by atoms with Crippen LogP contribution in [0.15, 0.2) is 72.9 Å². The zero-order valence-electron chi connectivity index (χ0n) is 20.5. The summed E-state index contributed by atoms with van der Waals surface area (Å²) in [7, 11) is 0. The van der Waals surface area contributed by atoms with Crippen molar-refractivity contribution in [2.75, 3.05) is 0 Å². The number of unbranched alkanes of at least 4 members (excludes halogenated alkanes) is 2. The highest BCUT2D eigenvalue weighted by molar-refractivity contribution is 5.78. The fourth-order valence-electron chi connectivity index (χ4n) is 4.30. The molecule has 0 fully saturated rings. The lowest BCUT2D eigenvalue weighted by Gasteiger charge is -2.08. The number of tetrazole rings is 1. The van der Waals surface area contributed by atoms with E-state index in [1.165, 1.54) is 18.4 Å². The first-order chi connectivity index (χ1) is 17.8. The smallest absolute Gasteiger partial charge is 0.205 e. The molecule has 5 aromatic rings. The fourth-order valence-corrected chi connectivity index (χ4v) is 4.30. The number of nitrogens with one attached hydrogen (secondary N) is 1. The summed E-state index contributed by atoms with van der Waals surface area (Å²) in [5.41, 5.74) is 5.14. The topological polar surface area (TPSA) is 98.1 Å². The largest absolute Gasteiger partial charge is 0.256 e. The zero-order valence-corrected chi connectivity index (χ0v) is 20.5. The van der Waals surface area contributed by atoms with Crippen molar-refractivity contribution < 1.29 is 0 Å². The summed E-state index contributed by atoms with van der Waals surface area (Å²) in [5, 5.41) is 19.3. The van der Waals surface area contributed by atoms with Crippen LogP contribution in [0.25, 0.3) is 22.6 Å². The highest BCUT2D eigenvalue weighted by atomic mass is 15.5. The number of H-pyrrole nitrogens is 1. The van der Waals surface area contributed by atoms with Gasteiger partial charge in [0.15, 0.2) is 5.82 Å². The molecule has 1 N–H and O–H groups in total. The molecule has 5 rings (SSSR count). The van der Waals surface area contributed by atoms with Gasteiger partial charge in [-0.2, -0.15) is 10.3 Å². The van der Waals surface area contributed by atoms with Crippen molar-refractivity contribution in [1.82, 2.24) is 40.4 Å². The third-order valence-electron chi connectivity index (χ3n) is 6.22. The molecule has 0 aliphatic carbocycles. The van der Waals surface area contributed by atoms with Gasteiger partial charge in [0.05, 0.1) is 5.69 Å². The number of aromatic nitrogens is 8. The Morgan fingerprint density at radius 1 is 0.833 bits per heavy atom. The first-order valence-corrected chi connectivity index (χ1v) is 12.5. The molecular weight excluding hydrogens is 448 g/mol. The molecule has 0 saturated carbocycles. The minimum Gasteiger partial charge on any atom is -0.256 e. The normalized spacial score (nSPS) is 11.1. The maximum atomic E-state index is 4.92. The second-order valence-corrected chi connectivity index (χ2v) is 8.87. The van der Waals surface area contributed by atoms with Gasteiger partial charge in [0.2, 0.25) is 5.82 Å². The Morgan fingerprint density at radius 2 is 1.67 bits per heavy atom. The lowest BCUT2D eigenvalue weighted by atomic mass is 10.0. The molecule has 2 aromatic carbocycles. The van der Waals surface area contributed by atoms with Gasteiger partial charge < -0.3 is 0 Å². The van der Waals surface area contributed by atoms with Crippen molar-refractivity contribution in [3.05, 3.63) is 95.7 Å². The molecule has 0 saturated heterocycles. The monoisotopic (exact) mass is 478 g/mol. The summed E-state index contributed by atoms with van der Waals surface area (Å²) in [6.45, 7) is 3.11. The molecule has 0 aliphatic heterocycles. The fraction of sp³-hybridized carbons (Fsp3) is 0.286. The van der Waals surface area contributed by atoms with E-state index in [4.69, 9.17) is 15.1 Å². The molecular formula is C28H30N8. The predicted molar refractivity (Wildman–Crippen MR) is 139 cm³/mol. The van der Waals surface area contributed by atoms with Crippen LogP contribution >= 0.6 is 0 Å². The van der Waals surface area contributed by atoms with Crippen LogP contribution in [0.4, 0.5) is 0 Å². The standard InChI is InChI=1S/C28H30N8/c1-2-3-9-18-36-27(30-26(33-36)17-15-21-10-5-4-6-11-21)19-22-14-16-25(29-20-22)23-12-7-8-13-24(23)28-31-34-35-32-28/h4-8,10-14,16,20H,2-3,9,15,17-19H2,1H3,(H,31,32,34,35). The van der Waals surface area contributed by atoms with Gasteiger partial charge in [-0.3, -0.25) is 4.98 Å². The minimum absolute atomic E-state index is 0.555. The zero-order chi connectivity index (χ0) is 24.6. The van der Waals surface area contributed by atoms with Gasteiger partial charge in [-0.25, -0.2) is 9.67 Å². The van der Waals surface area contributed by atoms with E-state index >= 15 is 0 Å². The number of benzene rings is 2. The Balaban J connectivity index is 1.33. The molecule has 0 amide bonds. The van der Waals surface area contributed by atoms with Crippen molar-refractivity contribution >= 4 is 0 Å². The van der Waals surface area contributed by atoms with Crippen LogP contribution in [0, 0.1) is 0 Å². The van der Waals surface area contributed by atoms with E-state index < -0.39 is 0 Å². The lowest BCUT2D eigenvalue weighted by Crippen LogP contribution is -2.07. The van der Waals surface area contributed by atoms with Gasteiger partial charge >= 0.3 is 0 Å². The first kappa shape index (κ1) is 23.5. The molecule has 36 heavy (non-hydrogen) atoms. The summed E-state index contributed by atoms with van der Waals surface area (Å²) in [4.78, 5) is 9.68. The van der Waals surface area contributed by atoms with E-state index in [2.05, 4.69) is 62.6 Å². The average molecular weight is 479 g/mol. The molecule has 182 valence electrons. The van der Waals surface area contributed by atoms with Gasteiger partial charge in [0.25, 0.3) is 0 Å². The highest BCUT2D eigenvalue weighted by Gasteiger charge is 2.14. The van der Waals surface area contributed by atoms with Gasteiger partial charge in [0, 0.05) is 36.7 Å². The van der Waals surface area contributed by atoms with Crippen molar-refractivity contribution in [2.24, 2.45) is 0 Å². The van der Waals surface area contributed by atoms with E-state index in [0.717, 1.165) is 59.8 Å². The van der Waals surface area contributed by atoms with Crippen molar-refractivity contribution in [3.8, 4) is 22.6 Å². The third kappa shape index (κ3) is 5.71. The Labute approximate surface area is 210 Å². The molecule has 3 aromatic heterocycles. The summed E-state index contributed by atoms with van der Waals surface area (Å²) in [6, 6.07) is 22.6. The number of aryl methyl sites for hydroxylation is 3. The highest BCUT2D eigenvalue weighted by Crippen LogP contribution is 2.28. The molecule has 0 spiro atoms. The number of hydrogen-bond acceptors (Lipinski definition) is 6. The maximum Gasteiger partial charge on any atom is 0.205 e. The summed E-state index contributed by atoms with van der Waals surface area (Å²) < 4.78 is 2.09. The van der Waals surface area contributed by atoms with Crippen LogP contribution in [0.5, 0.6) is 0 Å². The summed E-state index contributed by atoms with van der Waals surface area (Å²) >= 11 is 0. The molecule has 0 unspecified atom stereocenters. The lowest BCUT2D eigenvalue weighted by molar-refractivity contribution is 0.531. The second kappa shape index (κ2) is 11.5. The number of rotatable bonds is 11. The van der Waals surface area contributed by atoms with Crippen LogP contribution in [0.1, 0.15) is 49.0 Å². The number of pyridine rings is 1. The minimum atomic E-state index is 0.555. The Hall–Kier alpha value is -4.20. The summed E-state index contributed by atoms with van der Waals surface area (Å²) in [6.07, 6.45) is 7.88.